The molecule has 0 fully saturated rings. The predicted molar refractivity (Wildman–Crippen MR) is 84.4 cm³/mol. The average Bonchev–Trinajstić information content (AvgIpc) is 2.54. The quantitative estimate of drug-likeness (QED) is 0.684. The summed E-state index contributed by atoms with van der Waals surface area (Å²) in [6, 6.07) is 8.69. The molecule has 4 nitrogen and oxygen atoms in total. The van der Waals surface area contributed by atoms with Crippen molar-refractivity contribution in [1.82, 2.24) is 5.32 Å². The van der Waals surface area contributed by atoms with Crippen LogP contribution >= 0.6 is 0 Å². The van der Waals surface area contributed by atoms with Crippen LogP contribution in [-0.2, 0) is 9.22 Å². The van der Waals surface area contributed by atoms with E-state index in [4.69, 9.17) is 4.43 Å². The van der Waals surface area contributed by atoms with E-state index in [9.17, 15) is 9.59 Å². The maximum atomic E-state index is 12.3. The predicted octanol–water partition coefficient (Wildman–Crippen LogP) is 1.85. The number of carbonyl (C=O) groups is 2. The van der Waals surface area contributed by atoms with Crippen molar-refractivity contribution in [3.05, 3.63) is 59.7 Å². The Bertz CT molecular complexity index is 645. The molecule has 0 bridgehead atoms. The van der Waals surface area contributed by atoms with E-state index in [-0.39, 0.29) is 5.91 Å². The Morgan fingerprint density at radius 3 is 2.57 bits per heavy atom. The monoisotopic (exact) mass is 299 g/mol. The lowest BCUT2D eigenvalue weighted by Crippen LogP contribution is -2.36. The number of nitrogens with one attached hydrogen (secondary N) is 1. The molecule has 2 amide bonds. The van der Waals surface area contributed by atoms with Gasteiger partial charge in [-0.05, 0) is 36.3 Å². The van der Waals surface area contributed by atoms with Crippen LogP contribution < -0.4 is 5.32 Å². The first-order valence-electron chi connectivity index (χ1n) is 6.65. The second-order valence-electron chi connectivity index (χ2n) is 4.60. The molecule has 2 rings (SSSR count). The van der Waals surface area contributed by atoms with Gasteiger partial charge in [-0.25, -0.2) is 0 Å². The molecule has 1 aromatic carbocycles. The third-order valence-corrected chi connectivity index (χ3v) is 5.22. The normalized spacial score (nSPS) is 16.0. The molecule has 1 N–H and O–H groups in total. The summed E-state index contributed by atoms with van der Waals surface area (Å²) >= 11 is 0. The number of hydrogen-bond donors (Lipinski definition) is 1. The summed E-state index contributed by atoms with van der Waals surface area (Å²) in [6.45, 7) is 1.99. The average molecular weight is 299 g/mol. The van der Waals surface area contributed by atoms with Gasteiger partial charge in [0, 0.05) is 11.1 Å². The third-order valence-electron chi connectivity index (χ3n) is 3.28. The zero-order valence-corrected chi connectivity index (χ0v) is 13.1. The maximum absolute atomic E-state index is 12.3. The Labute approximate surface area is 125 Å². The topological polar surface area (TPSA) is 55.4 Å². The number of hydrogen-bond acceptors (Lipinski definition) is 3. The van der Waals surface area contributed by atoms with Crippen LogP contribution in [-0.4, -0.2) is 32.7 Å². The summed E-state index contributed by atoms with van der Waals surface area (Å²) in [5, 5.41) is 3.41. The van der Waals surface area contributed by atoms with E-state index in [2.05, 4.69) is 5.32 Å². The standard InChI is InChI=1S/C16H17NO3Si/c1-20-21(2)14-11-7-6-10-13(14)16(19)17-15(18)12-8-4-3-5-9-12/h3-10H,11H2,1-2H3,(H,17,18,19). The van der Waals surface area contributed by atoms with Crippen molar-refractivity contribution in [2.45, 2.75) is 13.0 Å². The minimum absolute atomic E-state index is 0.371. The van der Waals surface area contributed by atoms with E-state index in [1.807, 2.05) is 24.8 Å². The van der Waals surface area contributed by atoms with Crippen molar-refractivity contribution in [1.29, 1.82) is 0 Å². The fourth-order valence-electron chi connectivity index (χ4n) is 2.06. The highest BCUT2D eigenvalue weighted by molar-refractivity contribution is 6.70. The highest BCUT2D eigenvalue weighted by atomic mass is 28.3. The van der Waals surface area contributed by atoms with E-state index >= 15 is 0 Å². The van der Waals surface area contributed by atoms with Gasteiger partial charge in [-0.3, -0.25) is 14.9 Å². The third kappa shape index (κ3) is 3.64. The summed E-state index contributed by atoms with van der Waals surface area (Å²) in [7, 11) is 0.446. The van der Waals surface area contributed by atoms with Crippen LogP contribution in [0, 0.1) is 0 Å². The van der Waals surface area contributed by atoms with Crippen molar-refractivity contribution >= 4 is 25.6 Å². The van der Waals surface area contributed by atoms with Crippen molar-refractivity contribution in [2.75, 3.05) is 7.11 Å². The van der Waals surface area contributed by atoms with Crippen molar-refractivity contribution in [3.63, 3.8) is 0 Å². The molecule has 0 aromatic heterocycles. The van der Waals surface area contributed by atoms with Gasteiger partial charge in [0.25, 0.3) is 11.8 Å². The fourth-order valence-corrected chi connectivity index (χ4v) is 3.29. The van der Waals surface area contributed by atoms with E-state index in [1.165, 1.54) is 0 Å². The molecule has 0 unspecified atom stereocenters. The Morgan fingerprint density at radius 2 is 1.90 bits per heavy atom. The molecule has 0 atom stereocenters. The summed E-state index contributed by atoms with van der Waals surface area (Å²) in [5.74, 6) is -0.762. The molecule has 0 spiro atoms. The Balaban J connectivity index is 2.18. The summed E-state index contributed by atoms with van der Waals surface area (Å²) in [6.07, 6.45) is 6.24. The fraction of sp³-hybridized carbons (Fsp3) is 0.188. The van der Waals surface area contributed by atoms with Gasteiger partial charge in [-0.15, -0.1) is 0 Å². The van der Waals surface area contributed by atoms with E-state index in [0.717, 1.165) is 5.17 Å². The van der Waals surface area contributed by atoms with Gasteiger partial charge in [0.15, 0.2) is 0 Å². The minimum atomic E-state index is -1.20. The number of amides is 2. The molecule has 0 aliphatic heterocycles. The molecule has 0 saturated heterocycles. The first-order chi connectivity index (χ1) is 10.1. The minimum Gasteiger partial charge on any atom is -0.553 e. The van der Waals surface area contributed by atoms with Gasteiger partial charge in [0.1, 0.15) is 0 Å². The number of rotatable bonds is 3. The largest absolute Gasteiger partial charge is 0.553 e. The van der Waals surface area contributed by atoms with Gasteiger partial charge in [0.2, 0.25) is 8.65 Å². The number of carbonyl (C=O) groups excluding carboxylic acids is 2. The van der Waals surface area contributed by atoms with Gasteiger partial charge >= 0.3 is 0 Å². The highest BCUT2D eigenvalue weighted by Gasteiger charge is 2.20. The van der Waals surface area contributed by atoms with E-state index in [0.29, 0.717) is 17.6 Å². The molecule has 1 aromatic rings. The molecule has 108 valence electrons. The Morgan fingerprint density at radius 1 is 1.19 bits per heavy atom. The summed E-state index contributed by atoms with van der Waals surface area (Å²) < 4.78 is 5.38. The molecule has 1 aliphatic carbocycles. The lowest BCUT2D eigenvalue weighted by Gasteiger charge is -2.15. The van der Waals surface area contributed by atoms with Crippen LogP contribution in [0.25, 0.3) is 0 Å². The second-order valence-corrected chi connectivity index (χ2v) is 6.72. The van der Waals surface area contributed by atoms with Crippen LogP contribution in [0.15, 0.2) is 54.1 Å². The van der Waals surface area contributed by atoms with Crippen LogP contribution in [0.5, 0.6) is 0 Å². The SMILES string of the molecule is CO[Si](C)=C1CC=CC=C1C(=O)NC(=O)c1ccccc1. The van der Waals surface area contributed by atoms with Gasteiger partial charge in [-0.1, -0.05) is 30.4 Å². The first-order valence-corrected chi connectivity index (χ1v) is 8.56. The zero-order chi connectivity index (χ0) is 15.2. The van der Waals surface area contributed by atoms with Crippen LogP contribution in [0.3, 0.4) is 0 Å². The summed E-state index contributed by atoms with van der Waals surface area (Å²) in [4.78, 5) is 24.4. The zero-order valence-electron chi connectivity index (χ0n) is 12.1. The molecular formula is C16H17NO3Si. The smallest absolute Gasteiger partial charge is 0.258 e. The van der Waals surface area contributed by atoms with Gasteiger partial charge in [0.05, 0.1) is 7.11 Å². The lowest BCUT2D eigenvalue weighted by molar-refractivity contribution is -0.116. The van der Waals surface area contributed by atoms with Crippen LogP contribution in [0.4, 0.5) is 0 Å². The maximum Gasteiger partial charge on any atom is 0.258 e. The molecule has 21 heavy (non-hydrogen) atoms. The Kier molecular flexibility index (Phi) is 5.00. The summed E-state index contributed by atoms with van der Waals surface area (Å²) in [5.41, 5.74) is 1.01. The van der Waals surface area contributed by atoms with Crippen LogP contribution in [0.1, 0.15) is 16.8 Å². The van der Waals surface area contributed by atoms with Crippen molar-refractivity contribution in [3.8, 4) is 0 Å². The number of benzene rings is 1. The first kappa shape index (κ1) is 15.1. The number of imide groups is 1. The second kappa shape index (κ2) is 6.94. The number of allylic oxidation sites excluding steroid dienone is 3. The molecule has 5 heteroatoms. The van der Waals surface area contributed by atoms with Gasteiger partial charge in [-0.2, -0.15) is 0 Å². The molecule has 0 heterocycles. The lowest BCUT2D eigenvalue weighted by atomic mass is 10.0. The molecule has 0 radical (unpaired) electrons. The van der Waals surface area contributed by atoms with Crippen molar-refractivity contribution < 1.29 is 14.0 Å². The van der Waals surface area contributed by atoms with Crippen LogP contribution in [0.2, 0.25) is 6.55 Å². The highest BCUT2D eigenvalue weighted by Crippen LogP contribution is 2.11. The van der Waals surface area contributed by atoms with Gasteiger partial charge < -0.3 is 4.43 Å². The van der Waals surface area contributed by atoms with E-state index < -0.39 is 14.6 Å². The van der Waals surface area contributed by atoms with E-state index in [1.54, 1.807) is 37.5 Å². The molecular weight excluding hydrogens is 282 g/mol. The van der Waals surface area contributed by atoms with Crippen molar-refractivity contribution in [2.24, 2.45) is 0 Å². The molecule has 1 aliphatic rings. The Hall–Kier alpha value is -2.27. The molecule has 0 saturated carbocycles.